The van der Waals surface area contributed by atoms with Crippen LogP contribution in [-0.2, 0) is 5.67 Å². The fraction of sp³-hybridized carbons (Fsp3) is 0.400. The van der Waals surface area contributed by atoms with Gasteiger partial charge in [-0.15, -0.1) is 0 Å². The number of nitrogens with two attached hydrogens (primary N) is 1. The van der Waals surface area contributed by atoms with E-state index in [1.165, 1.54) is 0 Å². The van der Waals surface area contributed by atoms with Gasteiger partial charge in [0.05, 0.1) is 12.3 Å². The van der Waals surface area contributed by atoms with Gasteiger partial charge in [-0.25, -0.2) is 4.39 Å². The van der Waals surface area contributed by atoms with Crippen molar-refractivity contribution in [1.29, 1.82) is 0 Å². The number of fused-ring (bicyclic) bond motifs is 1. The first kappa shape index (κ1) is 8.35. The SMILES string of the molecule is CC1(F)CCOc2c(N)cccc21. The van der Waals surface area contributed by atoms with E-state index in [9.17, 15) is 4.39 Å². The second kappa shape index (κ2) is 2.62. The lowest BCUT2D eigenvalue weighted by Crippen LogP contribution is -2.25. The second-order valence-corrected chi connectivity index (χ2v) is 3.52. The van der Waals surface area contributed by atoms with Crippen molar-refractivity contribution in [3.63, 3.8) is 0 Å². The Hall–Kier alpha value is -1.25. The minimum Gasteiger partial charge on any atom is -0.491 e. The van der Waals surface area contributed by atoms with Gasteiger partial charge >= 0.3 is 0 Å². The van der Waals surface area contributed by atoms with Gasteiger partial charge in [0.25, 0.3) is 0 Å². The molecule has 2 rings (SSSR count). The van der Waals surface area contributed by atoms with Gasteiger partial charge in [-0.05, 0) is 13.0 Å². The van der Waals surface area contributed by atoms with E-state index in [2.05, 4.69) is 0 Å². The number of alkyl halides is 1. The number of nitrogen functional groups attached to an aromatic ring is 1. The quantitative estimate of drug-likeness (QED) is 0.623. The molecule has 1 aliphatic heterocycles. The van der Waals surface area contributed by atoms with Crippen molar-refractivity contribution in [1.82, 2.24) is 0 Å². The fourth-order valence-corrected chi connectivity index (χ4v) is 1.61. The highest BCUT2D eigenvalue weighted by atomic mass is 19.1. The van der Waals surface area contributed by atoms with E-state index in [-0.39, 0.29) is 0 Å². The number of ether oxygens (including phenoxy) is 1. The fourth-order valence-electron chi connectivity index (χ4n) is 1.61. The highest BCUT2D eigenvalue weighted by Gasteiger charge is 2.33. The molecule has 0 fully saturated rings. The molecule has 0 saturated carbocycles. The molecule has 2 N–H and O–H groups in total. The van der Waals surface area contributed by atoms with E-state index >= 15 is 0 Å². The summed E-state index contributed by atoms with van der Waals surface area (Å²) in [6, 6.07) is 5.20. The summed E-state index contributed by atoms with van der Waals surface area (Å²) in [5, 5.41) is 0. The summed E-state index contributed by atoms with van der Waals surface area (Å²) in [6.07, 6.45) is 0.392. The van der Waals surface area contributed by atoms with Crippen LogP contribution in [0.15, 0.2) is 18.2 Å². The zero-order valence-electron chi connectivity index (χ0n) is 7.51. The lowest BCUT2D eigenvalue weighted by atomic mass is 9.91. The molecule has 1 aliphatic rings. The van der Waals surface area contributed by atoms with Crippen LogP contribution in [-0.4, -0.2) is 6.61 Å². The van der Waals surface area contributed by atoms with Crippen molar-refractivity contribution in [2.75, 3.05) is 12.3 Å². The number of halogens is 1. The Kier molecular flexibility index (Phi) is 1.68. The number of rotatable bonds is 0. The molecule has 0 saturated heterocycles. The van der Waals surface area contributed by atoms with Crippen LogP contribution >= 0.6 is 0 Å². The van der Waals surface area contributed by atoms with E-state index in [4.69, 9.17) is 10.5 Å². The second-order valence-electron chi connectivity index (χ2n) is 3.52. The Labute approximate surface area is 76.5 Å². The summed E-state index contributed by atoms with van der Waals surface area (Å²) in [5.41, 5.74) is 5.45. The van der Waals surface area contributed by atoms with E-state index in [1.54, 1.807) is 25.1 Å². The molecular formula is C10H12FNO. The predicted molar refractivity (Wildman–Crippen MR) is 49.4 cm³/mol. The molecule has 0 bridgehead atoms. The van der Waals surface area contributed by atoms with Crippen LogP contribution in [0.25, 0.3) is 0 Å². The van der Waals surface area contributed by atoms with Crippen molar-refractivity contribution < 1.29 is 9.13 Å². The monoisotopic (exact) mass is 181 g/mol. The lowest BCUT2D eigenvalue weighted by molar-refractivity contribution is 0.111. The molecule has 70 valence electrons. The minimum atomic E-state index is -1.30. The summed E-state index contributed by atoms with van der Waals surface area (Å²) in [5.74, 6) is 0.513. The molecule has 0 radical (unpaired) electrons. The highest BCUT2D eigenvalue weighted by molar-refractivity contribution is 5.59. The molecule has 0 amide bonds. The third-order valence-electron chi connectivity index (χ3n) is 2.43. The summed E-state index contributed by atoms with van der Waals surface area (Å²) >= 11 is 0. The van der Waals surface area contributed by atoms with Crippen molar-refractivity contribution >= 4 is 5.69 Å². The van der Waals surface area contributed by atoms with Crippen LogP contribution in [0.4, 0.5) is 10.1 Å². The van der Waals surface area contributed by atoms with Crippen LogP contribution < -0.4 is 10.5 Å². The van der Waals surface area contributed by atoms with Gasteiger partial charge in [0.2, 0.25) is 0 Å². The Morgan fingerprint density at radius 1 is 1.54 bits per heavy atom. The van der Waals surface area contributed by atoms with Gasteiger partial charge < -0.3 is 10.5 Å². The van der Waals surface area contributed by atoms with Crippen molar-refractivity contribution in [3.8, 4) is 5.75 Å². The Balaban J connectivity index is 2.58. The molecule has 1 aromatic rings. The normalized spacial score (nSPS) is 26.3. The molecule has 0 spiro atoms. The van der Waals surface area contributed by atoms with Gasteiger partial charge in [-0.1, -0.05) is 12.1 Å². The van der Waals surface area contributed by atoms with Crippen molar-refractivity contribution in [2.45, 2.75) is 19.0 Å². The first-order chi connectivity index (χ1) is 6.11. The van der Waals surface area contributed by atoms with E-state index in [1.807, 2.05) is 0 Å². The molecule has 1 atom stereocenters. The summed E-state index contributed by atoms with van der Waals surface area (Å²) in [4.78, 5) is 0. The van der Waals surface area contributed by atoms with Crippen LogP contribution in [0.3, 0.4) is 0 Å². The Bertz CT molecular complexity index is 336. The number of hydrogen-bond acceptors (Lipinski definition) is 2. The topological polar surface area (TPSA) is 35.2 Å². The van der Waals surface area contributed by atoms with Gasteiger partial charge in [0, 0.05) is 12.0 Å². The summed E-state index contributed by atoms with van der Waals surface area (Å²) in [7, 11) is 0. The third-order valence-corrected chi connectivity index (χ3v) is 2.43. The highest BCUT2D eigenvalue weighted by Crippen LogP contribution is 2.42. The maximum absolute atomic E-state index is 13.9. The van der Waals surface area contributed by atoms with Crippen molar-refractivity contribution in [2.24, 2.45) is 0 Å². The summed E-state index contributed by atoms with van der Waals surface area (Å²) < 4.78 is 19.2. The lowest BCUT2D eigenvalue weighted by Gasteiger charge is -2.29. The predicted octanol–water partition coefficient (Wildman–Crippen LogP) is 2.24. The average Bonchev–Trinajstić information content (AvgIpc) is 2.06. The standard InChI is InChI=1S/C10H12FNO/c1-10(11)5-6-13-9-7(10)3-2-4-8(9)12/h2-4H,5-6,12H2,1H3. The summed E-state index contributed by atoms with van der Waals surface area (Å²) in [6.45, 7) is 1.96. The molecule has 1 aromatic carbocycles. The van der Waals surface area contributed by atoms with Crippen LogP contribution in [0, 0.1) is 0 Å². The van der Waals surface area contributed by atoms with Gasteiger partial charge in [0.1, 0.15) is 11.4 Å². The van der Waals surface area contributed by atoms with Crippen LogP contribution in [0.5, 0.6) is 5.75 Å². The molecule has 1 unspecified atom stereocenters. The molecule has 3 heteroatoms. The molecule has 0 aromatic heterocycles. The maximum Gasteiger partial charge on any atom is 0.148 e. The van der Waals surface area contributed by atoms with Gasteiger partial charge in [-0.2, -0.15) is 0 Å². The van der Waals surface area contributed by atoms with Gasteiger partial charge in [0.15, 0.2) is 0 Å². The first-order valence-electron chi connectivity index (χ1n) is 4.32. The van der Waals surface area contributed by atoms with Crippen molar-refractivity contribution in [3.05, 3.63) is 23.8 Å². The van der Waals surface area contributed by atoms with Crippen LogP contribution in [0.1, 0.15) is 18.9 Å². The number of hydrogen-bond donors (Lipinski definition) is 1. The molecule has 2 nitrogen and oxygen atoms in total. The van der Waals surface area contributed by atoms with Crippen LogP contribution in [0.2, 0.25) is 0 Å². The van der Waals surface area contributed by atoms with E-state index in [0.717, 1.165) is 0 Å². The number of benzene rings is 1. The first-order valence-corrected chi connectivity index (χ1v) is 4.32. The Morgan fingerprint density at radius 2 is 2.31 bits per heavy atom. The van der Waals surface area contributed by atoms with Gasteiger partial charge in [-0.3, -0.25) is 0 Å². The van der Waals surface area contributed by atoms with E-state index < -0.39 is 5.67 Å². The average molecular weight is 181 g/mol. The number of para-hydroxylation sites is 1. The molecular weight excluding hydrogens is 169 g/mol. The molecule has 13 heavy (non-hydrogen) atoms. The minimum absolute atomic E-state index is 0.392. The molecule has 1 heterocycles. The van der Waals surface area contributed by atoms with E-state index in [0.29, 0.717) is 30.0 Å². The number of anilines is 1. The third kappa shape index (κ3) is 1.24. The molecule has 0 aliphatic carbocycles. The smallest absolute Gasteiger partial charge is 0.148 e. The zero-order chi connectivity index (χ0) is 9.47. The maximum atomic E-state index is 13.9. The zero-order valence-corrected chi connectivity index (χ0v) is 7.51. The largest absolute Gasteiger partial charge is 0.491 e. The Morgan fingerprint density at radius 3 is 3.00 bits per heavy atom.